The Kier molecular flexibility index (Phi) is 11.4. The lowest BCUT2D eigenvalue weighted by atomic mass is 9.88. The Hall–Kier alpha value is -3.75. The van der Waals surface area contributed by atoms with Crippen LogP contribution in [0.1, 0.15) is 48.0 Å². The highest BCUT2D eigenvalue weighted by molar-refractivity contribution is 5.82. The lowest BCUT2D eigenvalue weighted by Gasteiger charge is -2.48. The van der Waals surface area contributed by atoms with E-state index in [-0.39, 0.29) is 0 Å². The van der Waals surface area contributed by atoms with Crippen molar-refractivity contribution in [3.63, 3.8) is 0 Å². The van der Waals surface area contributed by atoms with Gasteiger partial charge in [0.2, 0.25) is 5.91 Å². The molecule has 0 aliphatic carbocycles. The van der Waals surface area contributed by atoms with Crippen molar-refractivity contribution in [3.8, 4) is 0 Å². The normalized spacial score (nSPS) is 24.4. The van der Waals surface area contributed by atoms with Crippen LogP contribution >= 0.6 is 0 Å². The van der Waals surface area contributed by atoms with Gasteiger partial charge in [-0.05, 0) is 0 Å². The predicted octanol–water partition coefficient (Wildman–Crippen LogP) is -0.929. The van der Waals surface area contributed by atoms with E-state index in [4.69, 9.17) is 33.2 Å². The fourth-order valence-electron chi connectivity index (χ4n) is 3.74. The average molecular weight is 533 g/mol. The summed E-state index contributed by atoms with van der Waals surface area (Å²) in [6.45, 7) is 5.60. The van der Waals surface area contributed by atoms with Crippen LogP contribution in [-0.2, 0) is 66.7 Å². The fraction of sp³-hybridized carbons (Fsp3) is 0.682. The van der Waals surface area contributed by atoms with Crippen molar-refractivity contribution in [1.29, 1.82) is 0 Å². The van der Waals surface area contributed by atoms with Gasteiger partial charge in [0.15, 0.2) is 12.2 Å². The van der Waals surface area contributed by atoms with Crippen molar-refractivity contribution in [2.45, 2.75) is 84.2 Å². The number of esters is 6. The van der Waals surface area contributed by atoms with Gasteiger partial charge in [-0.25, -0.2) is 4.79 Å². The summed E-state index contributed by atoms with van der Waals surface area (Å²) >= 11 is 0. The Morgan fingerprint density at radius 2 is 1.46 bits per heavy atom. The van der Waals surface area contributed by atoms with E-state index < -0.39 is 91.0 Å². The van der Waals surface area contributed by atoms with Crippen LogP contribution in [-0.4, -0.2) is 91.7 Å². The summed E-state index contributed by atoms with van der Waals surface area (Å²) in [6, 6.07) is -1.35. The Morgan fingerprint density at radius 3 is 1.89 bits per heavy atom. The van der Waals surface area contributed by atoms with Crippen molar-refractivity contribution in [1.82, 2.24) is 5.32 Å². The molecule has 1 N–H and O–H groups in total. The van der Waals surface area contributed by atoms with Crippen LogP contribution in [0.2, 0.25) is 0 Å². The van der Waals surface area contributed by atoms with Gasteiger partial charge in [0.05, 0.1) is 19.6 Å². The van der Waals surface area contributed by atoms with Crippen LogP contribution in [0.15, 0.2) is 0 Å². The summed E-state index contributed by atoms with van der Waals surface area (Å²) < 4.78 is 36.6. The van der Waals surface area contributed by atoms with Crippen molar-refractivity contribution in [3.05, 3.63) is 0 Å². The number of nitrogens with one attached hydrogen (secondary N) is 1. The number of amides is 1. The summed E-state index contributed by atoms with van der Waals surface area (Å²) in [6.07, 6.45) is -6.98. The second-order valence-corrected chi connectivity index (χ2v) is 8.02. The molecule has 0 radical (unpaired) electrons. The molecule has 0 bridgehead atoms. The number of hydrogen-bond donors (Lipinski definition) is 1. The van der Waals surface area contributed by atoms with Gasteiger partial charge < -0.3 is 38.5 Å². The minimum atomic E-state index is -2.54. The Bertz CT molecular complexity index is 917. The number of carbonyl (C=O) groups excluding carboxylic acids is 7. The predicted molar refractivity (Wildman–Crippen MR) is 117 cm³/mol. The summed E-state index contributed by atoms with van der Waals surface area (Å²) in [5.74, 6) is -8.84. The van der Waals surface area contributed by atoms with E-state index in [2.05, 4.69) is 5.32 Å². The van der Waals surface area contributed by atoms with Gasteiger partial charge in [-0.2, -0.15) is 0 Å². The van der Waals surface area contributed by atoms with Crippen LogP contribution < -0.4 is 5.32 Å². The molecule has 15 heteroatoms. The Morgan fingerprint density at radius 1 is 0.865 bits per heavy atom. The molecule has 0 unspecified atom stereocenters. The minimum absolute atomic E-state index is 0.630. The van der Waals surface area contributed by atoms with Gasteiger partial charge in [-0.1, -0.05) is 0 Å². The molecule has 208 valence electrons. The number of methoxy groups -OCH3 is 1. The van der Waals surface area contributed by atoms with Crippen molar-refractivity contribution >= 4 is 41.7 Å². The maximum absolute atomic E-state index is 12.8. The quantitative estimate of drug-likeness (QED) is 0.267. The largest absolute Gasteiger partial charge is 0.464 e. The molecule has 0 aromatic rings. The molecule has 1 heterocycles. The molecule has 1 aliphatic heterocycles. The van der Waals surface area contributed by atoms with Crippen LogP contribution in [0.5, 0.6) is 0 Å². The van der Waals surface area contributed by atoms with Crippen LogP contribution in [0.4, 0.5) is 0 Å². The monoisotopic (exact) mass is 533 g/mol. The molecule has 1 rings (SSSR count). The SMILES string of the molecule is COC(=O)[C@@]1(OC(C)=O)C[C@H](OC(C)=O)[C@@H](NC(C)=O)[C@H]([C@H](OC(C)=O)[C@@H](COC(C)=O)OC(C)=O)O1. The van der Waals surface area contributed by atoms with E-state index in [0.717, 1.165) is 48.7 Å². The molecular weight excluding hydrogens is 502 g/mol. The van der Waals surface area contributed by atoms with E-state index in [0.29, 0.717) is 0 Å². The molecule has 1 aliphatic rings. The highest BCUT2D eigenvalue weighted by Gasteiger charge is 2.60. The molecule has 37 heavy (non-hydrogen) atoms. The topological polar surface area (TPSA) is 196 Å². The third-order valence-corrected chi connectivity index (χ3v) is 4.80. The smallest absolute Gasteiger partial charge is 0.379 e. The Labute approximate surface area is 212 Å². The highest BCUT2D eigenvalue weighted by atomic mass is 16.8. The van der Waals surface area contributed by atoms with Gasteiger partial charge in [0.1, 0.15) is 18.8 Å². The second-order valence-electron chi connectivity index (χ2n) is 8.02. The number of hydrogen-bond acceptors (Lipinski definition) is 14. The first-order valence-electron chi connectivity index (χ1n) is 11.0. The first-order valence-corrected chi connectivity index (χ1v) is 11.0. The summed E-state index contributed by atoms with van der Waals surface area (Å²) in [7, 11) is 0.971. The fourth-order valence-corrected chi connectivity index (χ4v) is 3.74. The lowest BCUT2D eigenvalue weighted by Crippen LogP contribution is -2.69. The average Bonchev–Trinajstić information content (AvgIpc) is 2.74. The van der Waals surface area contributed by atoms with Gasteiger partial charge in [-0.15, -0.1) is 0 Å². The minimum Gasteiger partial charge on any atom is -0.464 e. The zero-order chi connectivity index (χ0) is 28.5. The third-order valence-electron chi connectivity index (χ3n) is 4.80. The van der Waals surface area contributed by atoms with Crippen molar-refractivity contribution < 1.29 is 66.7 Å². The maximum atomic E-state index is 12.8. The van der Waals surface area contributed by atoms with E-state index >= 15 is 0 Å². The van der Waals surface area contributed by atoms with E-state index in [1.807, 2.05) is 0 Å². The van der Waals surface area contributed by atoms with Crippen LogP contribution in [0, 0.1) is 0 Å². The van der Waals surface area contributed by atoms with E-state index in [1.165, 1.54) is 0 Å². The van der Waals surface area contributed by atoms with Crippen LogP contribution in [0.25, 0.3) is 0 Å². The summed E-state index contributed by atoms with van der Waals surface area (Å²) in [5, 5.41) is 2.49. The summed E-state index contributed by atoms with van der Waals surface area (Å²) in [5.41, 5.74) is 0. The molecule has 0 saturated carbocycles. The third kappa shape index (κ3) is 9.33. The molecule has 1 saturated heterocycles. The van der Waals surface area contributed by atoms with Crippen LogP contribution in [0.3, 0.4) is 0 Å². The standard InChI is InChI=1S/C22H31NO14/c1-10(24)23-18-16(33-12(3)26)8-22(21(30)31-7,36-15(6)29)37-20(18)19(35-14(5)28)17(34-13(4)27)9-32-11(2)25/h16-20H,8-9H2,1-7H3,(H,23,24)/t16-,17+,18+,19+,20+,22+/m0/s1. The second kappa shape index (κ2) is 13.5. The lowest BCUT2D eigenvalue weighted by molar-refractivity contribution is -0.304. The first-order chi connectivity index (χ1) is 17.1. The van der Waals surface area contributed by atoms with Crippen molar-refractivity contribution in [2.24, 2.45) is 0 Å². The number of carbonyl (C=O) groups is 7. The zero-order valence-electron chi connectivity index (χ0n) is 21.5. The molecule has 15 nitrogen and oxygen atoms in total. The van der Waals surface area contributed by atoms with E-state index in [1.54, 1.807) is 0 Å². The zero-order valence-corrected chi connectivity index (χ0v) is 21.5. The molecule has 0 aromatic heterocycles. The molecule has 0 spiro atoms. The van der Waals surface area contributed by atoms with Gasteiger partial charge in [0.25, 0.3) is 0 Å². The molecule has 1 fully saturated rings. The van der Waals surface area contributed by atoms with Gasteiger partial charge >= 0.3 is 41.6 Å². The first kappa shape index (κ1) is 31.3. The Balaban J connectivity index is 3.83. The molecule has 1 amide bonds. The maximum Gasteiger partial charge on any atom is 0.379 e. The number of rotatable bonds is 10. The summed E-state index contributed by atoms with van der Waals surface area (Å²) in [4.78, 5) is 84.1. The van der Waals surface area contributed by atoms with Crippen molar-refractivity contribution in [2.75, 3.05) is 13.7 Å². The molecule has 6 atom stereocenters. The van der Waals surface area contributed by atoms with E-state index in [9.17, 15) is 33.6 Å². The molecular formula is C22H31NO14. The number of ether oxygens (including phenoxy) is 7. The van der Waals surface area contributed by atoms with Gasteiger partial charge in [-0.3, -0.25) is 28.8 Å². The van der Waals surface area contributed by atoms with Gasteiger partial charge in [0, 0.05) is 41.5 Å². The highest BCUT2D eigenvalue weighted by Crippen LogP contribution is 2.37. The molecule has 0 aromatic carbocycles.